The zero-order valence-electron chi connectivity index (χ0n) is 9.60. The number of aromatic nitrogens is 1. The monoisotopic (exact) mass is 250 g/mol. The molecule has 1 aliphatic carbocycles. The van der Waals surface area contributed by atoms with Gasteiger partial charge in [0.1, 0.15) is 0 Å². The highest BCUT2D eigenvalue weighted by Gasteiger charge is 2.14. The Morgan fingerprint density at radius 1 is 1.53 bits per heavy atom. The molecule has 0 aromatic carbocycles. The Bertz CT molecular complexity index is 488. The van der Waals surface area contributed by atoms with Gasteiger partial charge in [-0.05, 0) is 12.8 Å². The van der Waals surface area contributed by atoms with Crippen LogP contribution in [0.3, 0.4) is 0 Å². The number of allylic oxidation sites excluding steroid dienone is 3. The molecule has 0 bridgehead atoms. The molecule has 0 radical (unpaired) electrons. The predicted octanol–water partition coefficient (Wildman–Crippen LogP) is 2.09. The summed E-state index contributed by atoms with van der Waals surface area (Å²) in [6, 6.07) is 0. The Hall–Kier alpha value is -1.62. The average Bonchev–Trinajstić information content (AvgIpc) is 2.75. The maximum atomic E-state index is 11.3. The predicted molar refractivity (Wildman–Crippen MR) is 67.6 cm³/mol. The summed E-state index contributed by atoms with van der Waals surface area (Å²) < 4.78 is 4.69. The van der Waals surface area contributed by atoms with Gasteiger partial charge in [-0.15, -0.1) is 11.3 Å². The second-order valence-electron chi connectivity index (χ2n) is 3.85. The summed E-state index contributed by atoms with van der Waals surface area (Å²) in [4.78, 5) is 16.5. The normalized spacial score (nSPS) is 15.1. The van der Waals surface area contributed by atoms with Crippen LogP contribution in [0.25, 0.3) is 0 Å². The van der Waals surface area contributed by atoms with E-state index in [1.54, 1.807) is 6.20 Å². The number of nitrogens with two attached hydrogens (primary N) is 1. The van der Waals surface area contributed by atoms with Gasteiger partial charge in [0.15, 0.2) is 5.13 Å². The van der Waals surface area contributed by atoms with Gasteiger partial charge in [0.2, 0.25) is 0 Å². The van der Waals surface area contributed by atoms with Crippen molar-refractivity contribution in [3.63, 3.8) is 0 Å². The minimum atomic E-state index is -0.234. The highest BCUT2D eigenvalue weighted by atomic mass is 32.1. The number of thiazole rings is 1. The number of nitrogen functional groups attached to an aromatic ring is 1. The van der Waals surface area contributed by atoms with Crippen LogP contribution in [0.4, 0.5) is 5.13 Å². The molecule has 1 aromatic heterocycles. The molecule has 0 spiro atoms. The van der Waals surface area contributed by atoms with Crippen molar-refractivity contribution in [1.82, 2.24) is 4.98 Å². The van der Waals surface area contributed by atoms with Crippen LogP contribution < -0.4 is 5.73 Å². The summed E-state index contributed by atoms with van der Waals surface area (Å²) in [7, 11) is 1.41. The van der Waals surface area contributed by atoms with Crippen molar-refractivity contribution in [2.45, 2.75) is 19.3 Å². The zero-order chi connectivity index (χ0) is 12.3. The second-order valence-corrected chi connectivity index (χ2v) is 5.00. The number of hydrogen-bond acceptors (Lipinski definition) is 5. The van der Waals surface area contributed by atoms with Gasteiger partial charge in [0.05, 0.1) is 7.11 Å². The van der Waals surface area contributed by atoms with Crippen LogP contribution in [0.5, 0.6) is 0 Å². The van der Waals surface area contributed by atoms with Crippen molar-refractivity contribution in [3.8, 4) is 0 Å². The van der Waals surface area contributed by atoms with Crippen LogP contribution in [0.2, 0.25) is 0 Å². The molecule has 0 unspecified atom stereocenters. The average molecular weight is 250 g/mol. The van der Waals surface area contributed by atoms with E-state index >= 15 is 0 Å². The van der Waals surface area contributed by atoms with Crippen LogP contribution >= 0.6 is 11.3 Å². The first kappa shape index (κ1) is 11.9. The van der Waals surface area contributed by atoms with E-state index in [-0.39, 0.29) is 5.97 Å². The molecule has 0 saturated heterocycles. The fourth-order valence-corrected chi connectivity index (χ4v) is 2.49. The van der Waals surface area contributed by atoms with Gasteiger partial charge in [-0.3, -0.25) is 0 Å². The summed E-state index contributed by atoms with van der Waals surface area (Å²) in [6.45, 7) is 0. The highest BCUT2D eigenvalue weighted by molar-refractivity contribution is 7.15. The van der Waals surface area contributed by atoms with Crippen molar-refractivity contribution in [3.05, 3.63) is 34.4 Å². The summed E-state index contributed by atoms with van der Waals surface area (Å²) in [6.07, 6.45) is 8.13. The lowest BCUT2D eigenvalue weighted by molar-refractivity contribution is -0.136. The van der Waals surface area contributed by atoms with Crippen molar-refractivity contribution in [1.29, 1.82) is 0 Å². The first-order valence-electron chi connectivity index (χ1n) is 5.36. The summed E-state index contributed by atoms with van der Waals surface area (Å²) >= 11 is 1.51. The first-order chi connectivity index (χ1) is 8.19. The number of esters is 1. The third kappa shape index (κ3) is 2.94. The topological polar surface area (TPSA) is 65.2 Å². The molecule has 1 aromatic rings. The summed E-state index contributed by atoms with van der Waals surface area (Å²) in [5.41, 5.74) is 7.61. The number of methoxy groups -OCH3 is 1. The van der Waals surface area contributed by atoms with Crippen LogP contribution in [0.1, 0.15) is 17.7 Å². The Kier molecular flexibility index (Phi) is 3.58. The molecule has 90 valence electrons. The van der Waals surface area contributed by atoms with Crippen LogP contribution in [0, 0.1) is 0 Å². The molecule has 0 aliphatic heterocycles. The number of carbonyl (C=O) groups excluding carboxylic acids is 1. The number of hydrogen-bond donors (Lipinski definition) is 1. The van der Waals surface area contributed by atoms with Crippen molar-refractivity contribution in [2.75, 3.05) is 12.8 Å². The van der Waals surface area contributed by atoms with Gasteiger partial charge in [0, 0.05) is 23.1 Å². The van der Waals surface area contributed by atoms with E-state index in [0.717, 1.165) is 29.7 Å². The van der Waals surface area contributed by atoms with E-state index < -0.39 is 0 Å². The Balaban J connectivity index is 2.03. The van der Waals surface area contributed by atoms with E-state index in [1.807, 2.05) is 12.2 Å². The SMILES string of the molecule is COC(=O)C1=CC=C(Cc2cnc(N)s2)CC1. The minimum absolute atomic E-state index is 0.234. The Morgan fingerprint density at radius 2 is 2.35 bits per heavy atom. The van der Waals surface area contributed by atoms with E-state index in [4.69, 9.17) is 5.73 Å². The molecule has 4 nitrogen and oxygen atoms in total. The molecule has 17 heavy (non-hydrogen) atoms. The third-order valence-corrected chi connectivity index (χ3v) is 3.48. The molecule has 1 aliphatic rings. The summed E-state index contributed by atoms with van der Waals surface area (Å²) in [5, 5.41) is 0.599. The number of carbonyl (C=O) groups is 1. The lowest BCUT2D eigenvalue weighted by atomic mass is 9.96. The van der Waals surface area contributed by atoms with Crippen LogP contribution in [-0.2, 0) is 16.0 Å². The molecular formula is C12H14N2O2S. The van der Waals surface area contributed by atoms with Crippen molar-refractivity contribution in [2.24, 2.45) is 0 Å². The number of anilines is 1. The Morgan fingerprint density at radius 3 is 2.88 bits per heavy atom. The lowest BCUT2D eigenvalue weighted by Gasteiger charge is -2.12. The maximum absolute atomic E-state index is 11.3. The molecule has 0 saturated carbocycles. The van der Waals surface area contributed by atoms with Crippen molar-refractivity contribution < 1.29 is 9.53 Å². The fourth-order valence-electron chi connectivity index (χ4n) is 1.76. The molecule has 1 heterocycles. The van der Waals surface area contributed by atoms with Gasteiger partial charge in [0.25, 0.3) is 0 Å². The van der Waals surface area contributed by atoms with E-state index in [0.29, 0.717) is 5.13 Å². The lowest BCUT2D eigenvalue weighted by Crippen LogP contribution is -2.07. The number of ether oxygens (including phenoxy) is 1. The molecule has 5 heteroatoms. The fraction of sp³-hybridized carbons (Fsp3) is 0.333. The van der Waals surface area contributed by atoms with Gasteiger partial charge in [-0.2, -0.15) is 0 Å². The molecule has 0 atom stereocenters. The number of rotatable bonds is 3. The highest BCUT2D eigenvalue weighted by Crippen LogP contribution is 2.25. The van der Waals surface area contributed by atoms with Gasteiger partial charge < -0.3 is 10.5 Å². The molecule has 0 fully saturated rings. The number of nitrogens with zero attached hydrogens (tertiary/aromatic N) is 1. The minimum Gasteiger partial charge on any atom is -0.466 e. The summed E-state index contributed by atoms with van der Waals surface area (Å²) in [5.74, 6) is -0.234. The molecule has 2 rings (SSSR count). The van der Waals surface area contributed by atoms with E-state index in [2.05, 4.69) is 9.72 Å². The van der Waals surface area contributed by atoms with Crippen LogP contribution in [-0.4, -0.2) is 18.1 Å². The van der Waals surface area contributed by atoms with Gasteiger partial charge in [-0.1, -0.05) is 17.7 Å². The molecular weight excluding hydrogens is 236 g/mol. The largest absolute Gasteiger partial charge is 0.466 e. The third-order valence-electron chi connectivity index (χ3n) is 2.66. The Labute approximate surface area is 104 Å². The maximum Gasteiger partial charge on any atom is 0.333 e. The standard InChI is InChI=1S/C12H14N2O2S/c1-16-11(15)9-4-2-8(3-5-9)6-10-7-14-12(13)17-10/h2,4,7H,3,5-6H2,1H3,(H2,13,14). The van der Waals surface area contributed by atoms with Crippen LogP contribution in [0.15, 0.2) is 29.5 Å². The van der Waals surface area contributed by atoms with Crippen molar-refractivity contribution >= 4 is 22.4 Å². The van der Waals surface area contributed by atoms with E-state index in [9.17, 15) is 4.79 Å². The molecule has 2 N–H and O–H groups in total. The second kappa shape index (κ2) is 5.14. The van der Waals surface area contributed by atoms with Gasteiger partial charge >= 0.3 is 5.97 Å². The van der Waals surface area contributed by atoms with Gasteiger partial charge in [-0.25, -0.2) is 9.78 Å². The molecule has 0 amide bonds. The zero-order valence-corrected chi connectivity index (χ0v) is 10.4. The first-order valence-corrected chi connectivity index (χ1v) is 6.18. The smallest absolute Gasteiger partial charge is 0.333 e. The quantitative estimate of drug-likeness (QED) is 0.834. The van der Waals surface area contributed by atoms with E-state index in [1.165, 1.54) is 24.0 Å².